The van der Waals surface area contributed by atoms with Crippen LogP contribution in [0.4, 0.5) is 0 Å². The first-order valence-electron chi connectivity index (χ1n) is 8.41. The fraction of sp³-hybridized carbons (Fsp3) is 0.350. The minimum Gasteiger partial charge on any atom is -0.464 e. The smallest absolute Gasteiger partial charge is 0.224 e. The maximum atomic E-state index is 12.2. The van der Waals surface area contributed by atoms with E-state index in [0.717, 1.165) is 33.7 Å². The standard InChI is InChI=1S/C20H23NO3/c1-14(2)23-11-5-10-21-19(22)12-16-13-24-18-9-8-15-6-3-4-7-17(15)20(16)18/h3-4,6-9,13-14H,5,10-12H2,1-2H3,(H,21,22). The van der Waals surface area contributed by atoms with Crippen molar-refractivity contribution < 1.29 is 13.9 Å². The van der Waals surface area contributed by atoms with Gasteiger partial charge in [0, 0.05) is 24.1 Å². The molecule has 1 amide bonds. The van der Waals surface area contributed by atoms with Gasteiger partial charge in [-0.05, 0) is 37.1 Å². The summed E-state index contributed by atoms with van der Waals surface area (Å²) in [4.78, 5) is 12.2. The predicted molar refractivity (Wildman–Crippen MR) is 96.1 cm³/mol. The molecule has 3 rings (SSSR count). The lowest BCUT2D eigenvalue weighted by Crippen LogP contribution is -2.27. The number of fused-ring (bicyclic) bond motifs is 3. The quantitative estimate of drug-likeness (QED) is 0.667. The molecular formula is C20H23NO3. The van der Waals surface area contributed by atoms with Crippen LogP contribution in [0.25, 0.3) is 21.7 Å². The molecule has 0 aliphatic carbocycles. The first-order valence-corrected chi connectivity index (χ1v) is 8.41. The first-order chi connectivity index (χ1) is 11.6. The Kier molecular flexibility index (Phi) is 5.16. The van der Waals surface area contributed by atoms with E-state index in [1.54, 1.807) is 6.26 Å². The molecule has 0 saturated heterocycles. The minimum absolute atomic E-state index is 0.00943. The lowest BCUT2D eigenvalue weighted by Gasteiger charge is -2.08. The van der Waals surface area contributed by atoms with Crippen LogP contribution in [-0.2, 0) is 16.0 Å². The predicted octanol–water partition coefficient (Wildman–Crippen LogP) is 4.06. The second-order valence-corrected chi connectivity index (χ2v) is 6.22. The second kappa shape index (κ2) is 7.49. The van der Waals surface area contributed by atoms with E-state index in [1.807, 2.05) is 38.1 Å². The number of carbonyl (C=O) groups is 1. The van der Waals surface area contributed by atoms with Gasteiger partial charge in [0.15, 0.2) is 0 Å². The van der Waals surface area contributed by atoms with E-state index in [4.69, 9.17) is 9.15 Å². The Morgan fingerprint density at radius 1 is 1.21 bits per heavy atom. The summed E-state index contributed by atoms with van der Waals surface area (Å²) in [6, 6.07) is 12.2. The van der Waals surface area contributed by atoms with Crippen LogP contribution in [0.1, 0.15) is 25.8 Å². The van der Waals surface area contributed by atoms with Crippen molar-refractivity contribution in [2.24, 2.45) is 0 Å². The van der Waals surface area contributed by atoms with Gasteiger partial charge in [-0.25, -0.2) is 0 Å². The number of rotatable bonds is 7. The number of hydrogen-bond donors (Lipinski definition) is 1. The van der Waals surface area contributed by atoms with E-state index < -0.39 is 0 Å². The number of carbonyl (C=O) groups excluding carboxylic acids is 1. The third-order valence-corrected chi connectivity index (χ3v) is 3.99. The van der Waals surface area contributed by atoms with Gasteiger partial charge in [0.05, 0.1) is 18.8 Å². The number of nitrogens with one attached hydrogen (secondary N) is 1. The summed E-state index contributed by atoms with van der Waals surface area (Å²) in [7, 11) is 0. The molecule has 0 saturated carbocycles. The van der Waals surface area contributed by atoms with E-state index >= 15 is 0 Å². The van der Waals surface area contributed by atoms with Gasteiger partial charge in [0.1, 0.15) is 5.58 Å². The molecule has 0 aliphatic rings. The Morgan fingerprint density at radius 2 is 2.04 bits per heavy atom. The first kappa shape index (κ1) is 16.5. The van der Waals surface area contributed by atoms with Crippen LogP contribution in [0, 0.1) is 0 Å². The third kappa shape index (κ3) is 3.77. The van der Waals surface area contributed by atoms with Gasteiger partial charge in [0.25, 0.3) is 0 Å². The topological polar surface area (TPSA) is 51.5 Å². The zero-order valence-corrected chi connectivity index (χ0v) is 14.2. The average molecular weight is 325 g/mol. The average Bonchev–Trinajstić information content (AvgIpc) is 2.97. The van der Waals surface area contributed by atoms with Gasteiger partial charge in [-0.2, -0.15) is 0 Å². The fourth-order valence-corrected chi connectivity index (χ4v) is 2.86. The molecule has 24 heavy (non-hydrogen) atoms. The lowest BCUT2D eigenvalue weighted by atomic mass is 10.0. The number of furan rings is 1. The van der Waals surface area contributed by atoms with Crippen LogP contribution < -0.4 is 5.32 Å². The fourth-order valence-electron chi connectivity index (χ4n) is 2.86. The highest BCUT2D eigenvalue weighted by molar-refractivity contribution is 6.08. The van der Waals surface area contributed by atoms with Gasteiger partial charge in [-0.1, -0.05) is 30.3 Å². The van der Waals surface area contributed by atoms with Gasteiger partial charge >= 0.3 is 0 Å². The zero-order valence-electron chi connectivity index (χ0n) is 14.2. The molecule has 126 valence electrons. The van der Waals surface area contributed by atoms with Crippen LogP contribution in [0.3, 0.4) is 0 Å². The molecule has 0 unspecified atom stereocenters. The number of benzene rings is 2. The summed E-state index contributed by atoms with van der Waals surface area (Å²) in [5.74, 6) is 0.00943. The van der Waals surface area contributed by atoms with Crippen LogP contribution in [-0.4, -0.2) is 25.2 Å². The van der Waals surface area contributed by atoms with Crippen LogP contribution in [0.5, 0.6) is 0 Å². The second-order valence-electron chi connectivity index (χ2n) is 6.22. The van der Waals surface area contributed by atoms with Crippen molar-refractivity contribution in [3.63, 3.8) is 0 Å². The zero-order chi connectivity index (χ0) is 16.9. The normalized spacial score (nSPS) is 11.5. The number of amides is 1. The Bertz CT molecular complexity index is 835. The van der Waals surface area contributed by atoms with E-state index in [-0.39, 0.29) is 12.0 Å². The van der Waals surface area contributed by atoms with E-state index in [9.17, 15) is 4.79 Å². The Hall–Kier alpha value is -2.33. The summed E-state index contributed by atoms with van der Waals surface area (Å²) in [6.07, 6.45) is 3.06. The van der Waals surface area contributed by atoms with Crippen LogP contribution >= 0.6 is 0 Å². The summed E-state index contributed by atoms with van der Waals surface area (Å²) in [5.41, 5.74) is 1.75. The van der Waals surface area contributed by atoms with Crippen molar-refractivity contribution in [1.29, 1.82) is 0 Å². The monoisotopic (exact) mass is 325 g/mol. The Morgan fingerprint density at radius 3 is 2.88 bits per heavy atom. The highest BCUT2D eigenvalue weighted by Gasteiger charge is 2.12. The lowest BCUT2D eigenvalue weighted by molar-refractivity contribution is -0.120. The van der Waals surface area contributed by atoms with Gasteiger partial charge in [-0.3, -0.25) is 4.79 Å². The highest BCUT2D eigenvalue weighted by atomic mass is 16.5. The van der Waals surface area contributed by atoms with E-state index in [1.165, 1.54) is 0 Å². The maximum Gasteiger partial charge on any atom is 0.224 e. The van der Waals surface area contributed by atoms with Crippen molar-refractivity contribution in [3.05, 3.63) is 48.2 Å². The molecule has 0 fully saturated rings. The van der Waals surface area contributed by atoms with Crippen molar-refractivity contribution in [2.75, 3.05) is 13.2 Å². The molecule has 3 aromatic rings. The van der Waals surface area contributed by atoms with Gasteiger partial charge in [-0.15, -0.1) is 0 Å². The largest absolute Gasteiger partial charge is 0.464 e. The van der Waals surface area contributed by atoms with Crippen LogP contribution in [0.15, 0.2) is 47.1 Å². The van der Waals surface area contributed by atoms with Gasteiger partial charge in [0.2, 0.25) is 5.91 Å². The Balaban J connectivity index is 1.67. The number of ether oxygens (including phenoxy) is 1. The van der Waals surface area contributed by atoms with Crippen LogP contribution in [0.2, 0.25) is 0 Å². The van der Waals surface area contributed by atoms with E-state index in [2.05, 4.69) is 17.4 Å². The number of hydrogen-bond acceptors (Lipinski definition) is 3. The third-order valence-electron chi connectivity index (χ3n) is 3.99. The minimum atomic E-state index is 0.00943. The molecule has 0 atom stereocenters. The molecule has 4 nitrogen and oxygen atoms in total. The Labute approximate surface area is 141 Å². The molecule has 0 spiro atoms. The summed E-state index contributed by atoms with van der Waals surface area (Å²) in [5, 5.41) is 6.25. The van der Waals surface area contributed by atoms with E-state index in [0.29, 0.717) is 19.6 Å². The maximum absolute atomic E-state index is 12.2. The van der Waals surface area contributed by atoms with Crippen molar-refractivity contribution in [2.45, 2.75) is 32.8 Å². The van der Waals surface area contributed by atoms with Crippen molar-refractivity contribution in [3.8, 4) is 0 Å². The van der Waals surface area contributed by atoms with Crippen molar-refractivity contribution >= 4 is 27.6 Å². The molecule has 0 bridgehead atoms. The molecule has 4 heteroatoms. The summed E-state index contributed by atoms with van der Waals surface area (Å²) >= 11 is 0. The summed E-state index contributed by atoms with van der Waals surface area (Å²) in [6.45, 7) is 5.30. The molecular weight excluding hydrogens is 302 g/mol. The molecule has 1 N–H and O–H groups in total. The van der Waals surface area contributed by atoms with Crippen molar-refractivity contribution in [1.82, 2.24) is 5.32 Å². The van der Waals surface area contributed by atoms with Gasteiger partial charge < -0.3 is 14.5 Å². The highest BCUT2D eigenvalue weighted by Crippen LogP contribution is 2.30. The molecule has 2 aromatic carbocycles. The molecule has 1 heterocycles. The molecule has 1 aromatic heterocycles. The summed E-state index contributed by atoms with van der Waals surface area (Å²) < 4.78 is 11.1. The molecule has 0 radical (unpaired) electrons. The molecule has 0 aliphatic heterocycles. The SMILES string of the molecule is CC(C)OCCCNC(=O)Cc1coc2ccc3ccccc3c12.